The molecule has 0 saturated carbocycles. The predicted octanol–water partition coefficient (Wildman–Crippen LogP) is 2.80. The summed E-state index contributed by atoms with van der Waals surface area (Å²) in [5.74, 6) is -0.664. The summed E-state index contributed by atoms with van der Waals surface area (Å²) < 4.78 is 0.844. The fourth-order valence-corrected chi connectivity index (χ4v) is 2.65. The van der Waals surface area contributed by atoms with Crippen molar-refractivity contribution in [1.82, 2.24) is 0 Å². The highest BCUT2D eigenvalue weighted by Crippen LogP contribution is 2.09. The van der Waals surface area contributed by atoms with Crippen molar-refractivity contribution in [2.45, 2.75) is 96.8 Å². The van der Waals surface area contributed by atoms with Crippen molar-refractivity contribution in [1.29, 1.82) is 0 Å². The minimum Gasteiger partial charge on any atom is -1.00 e. The van der Waals surface area contributed by atoms with Gasteiger partial charge in [0, 0.05) is 6.42 Å². The molecule has 0 fully saturated rings. The maximum Gasteiger partial charge on any atom is 0.303 e. The Kier molecular flexibility index (Phi) is 28.0. The summed E-state index contributed by atoms with van der Waals surface area (Å²) in [4.78, 5) is 10.3. The fourth-order valence-electron chi connectivity index (χ4n) is 2.65. The average Bonchev–Trinajstić information content (AvgIpc) is 2.57. The second kappa shape index (κ2) is 24.5. The maximum absolute atomic E-state index is 10.3. The quantitative estimate of drug-likeness (QED) is 0.216. The first-order valence-electron chi connectivity index (χ1n) is 11.1. The summed E-state index contributed by atoms with van der Waals surface area (Å²) in [6, 6.07) is 0. The number of carboxylic acid groups (broad SMARTS) is 1. The van der Waals surface area contributed by atoms with E-state index < -0.39 is 5.97 Å². The Balaban J connectivity index is -0.000000665. The number of carbonyl (C=O) groups is 1. The van der Waals surface area contributed by atoms with E-state index in [4.69, 9.17) is 10.2 Å². The number of allylic oxidation sites excluding steroid dienone is 2. The molecule has 0 spiro atoms. The van der Waals surface area contributed by atoms with Crippen LogP contribution in [0.4, 0.5) is 0 Å². The molecule has 0 heterocycles. The number of halogens is 1. The number of aliphatic hydroxyl groups excluding tert-OH is 1. The fraction of sp³-hybridized carbons (Fsp3) is 0.870. The van der Waals surface area contributed by atoms with E-state index >= 15 is 0 Å². The molecule has 0 aromatic carbocycles. The molecule has 4 nitrogen and oxygen atoms in total. The molecule has 0 rings (SSSR count). The van der Waals surface area contributed by atoms with Gasteiger partial charge in [0.2, 0.25) is 0 Å². The molecule has 0 aliphatic heterocycles. The minimum absolute atomic E-state index is 0. The van der Waals surface area contributed by atoms with Crippen LogP contribution in [-0.2, 0) is 4.79 Å². The third kappa shape index (κ3) is 36.4. The first kappa shape index (κ1) is 32.1. The summed E-state index contributed by atoms with van der Waals surface area (Å²) in [6.45, 7) is 3.37. The molecule has 0 bridgehead atoms. The molecule has 0 unspecified atom stereocenters. The largest absolute Gasteiger partial charge is 1.00 e. The number of rotatable bonds is 17. The first-order chi connectivity index (χ1) is 12.8. The van der Waals surface area contributed by atoms with Gasteiger partial charge >= 0.3 is 5.97 Å². The standard InChI is InChI=1S/C18H34O2.C5H14NO.ClH/c1-2-3-4-5-6-7-8-9-10-11-12-13-14-15-16-17-18(19)20;1-6(2,3)4-5-7;/h9-10H,2-8,11-17H2,1H3,(H,19,20);7H,4-5H2,1-3H3;1H/q;+1;/p-1/b10-9-;;. The van der Waals surface area contributed by atoms with Crippen molar-refractivity contribution in [3.8, 4) is 0 Å². The minimum atomic E-state index is -0.664. The van der Waals surface area contributed by atoms with Gasteiger partial charge in [-0.3, -0.25) is 4.79 Å². The van der Waals surface area contributed by atoms with E-state index in [2.05, 4.69) is 40.2 Å². The van der Waals surface area contributed by atoms with Crippen LogP contribution >= 0.6 is 0 Å². The third-order valence-corrected chi connectivity index (χ3v) is 4.42. The van der Waals surface area contributed by atoms with Gasteiger partial charge in [0.15, 0.2) is 0 Å². The van der Waals surface area contributed by atoms with Gasteiger partial charge in [0.25, 0.3) is 0 Å². The number of carboxylic acids is 1. The molecule has 28 heavy (non-hydrogen) atoms. The predicted molar refractivity (Wildman–Crippen MR) is 117 cm³/mol. The highest BCUT2D eigenvalue weighted by molar-refractivity contribution is 5.66. The Morgan fingerprint density at radius 2 is 1.21 bits per heavy atom. The van der Waals surface area contributed by atoms with Crippen molar-refractivity contribution in [2.75, 3.05) is 34.3 Å². The van der Waals surface area contributed by atoms with E-state index in [0.29, 0.717) is 6.42 Å². The summed E-state index contributed by atoms with van der Waals surface area (Å²) in [5, 5.41) is 16.9. The zero-order valence-corrected chi connectivity index (χ0v) is 19.9. The van der Waals surface area contributed by atoms with Crippen LogP contribution < -0.4 is 12.4 Å². The molecular weight excluding hydrogens is 374 g/mol. The second-order valence-corrected chi connectivity index (χ2v) is 8.47. The number of likely N-dealkylation sites (N-methyl/N-ethyl adjacent to an activating group) is 1. The van der Waals surface area contributed by atoms with Gasteiger partial charge in [0.1, 0.15) is 6.54 Å². The van der Waals surface area contributed by atoms with Crippen LogP contribution in [0.25, 0.3) is 0 Å². The van der Waals surface area contributed by atoms with Crippen molar-refractivity contribution in [2.24, 2.45) is 0 Å². The highest BCUT2D eigenvalue weighted by atomic mass is 35.5. The van der Waals surface area contributed by atoms with Gasteiger partial charge in [0.05, 0.1) is 27.7 Å². The van der Waals surface area contributed by atoms with E-state index in [9.17, 15) is 4.79 Å². The van der Waals surface area contributed by atoms with Crippen LogP contribution in [0.5, 0.6) is 0 Å². The Bertz CT molecular complexity index is 341. The van der Waals surface area contributed by atoms with E-state index in [-0.39, 0.29) is 19.0 Å². The van der Waals surface area contributed by atoms with Crippen LogP contribution in [0.3, 0.4) is 0 Å². The van der Waals surface area contributed by atoms with Crippen LogP contribution in [0, 0.1) is 0 Å². The summed E-state index contributed by atoms with van der Waals surface area (Å²) >= 11 is 0. The Morgan fingerprint density at radius 1 is 0.786 bits per heavy atom. The Labute approximate surface area is 181 Å². The van der Waals surface area contributed by atoms with Gasteiger partial charge < -0.3 is 27.1 Å². The Hall–Kier alpha value is -0.580. The second-order valence-electron chi connectivity index (χ2n) is 8.47. The van der Waals surface area contributed by atoms with Crippen molar-refractivity contribution >= 4 is 5.97 Å². The smallest absolute Gasteiger partial charge is 0.303 e. The molecule has 0 aromatic heterocycles. The molecule has 0 radical (unpaired) electrons. The van der Waals surface area contributed by atoms with Crippen LogP contribution in [-0.4, -0.2) is 55.0 Å². The van der Waals surface area contributed by atoms with E-state index in [0.717, 1.165) is 23.9 Å². The number of aliphatic carboxylic acids is 1. The molecule has 2 N–H and O–H groups in total. The lowest BCUT2D eigenvalue weighted by Gasteiger charge is -2.21. The lowest BCUT2D eigenvalue weighted by atomic mass is 10.1. The highest BCUT2D eigenvalue weighted by Gasteiger charge is 2.02. The monoisotopic (exact) mass is 421 g/mol. The molecule has 170 valence electrons. The van der Waals surface area contributed by atoms with Crippen molar-refractivity contribution in [3.63, 3.8) is 0 Å². The van der Waals surface area contributed by atoms with Crippen LogP contribution in [0.15, 0.2) is 12.2 Å². The molecule has 0 aromatic rings. The number of hydrogen-bond acceptors (Lipinski definition) is 2. The molecule has 5 heteroatoms. The number of unbranched alkanes of at least 4 members (excludes halogenated alkanes) is 11. The Morgan fingerprint density at radius 3 is 1.57 bits per heavy atom. The lowest BCUT2D eigenvalue weighted by molar-refractivity contribution is -0.870. The number of hydrogen-bond donors (Lipinski definition) is 2. The summed E-state index contributed by atoms with van der Waals surface area (Å²) in [6.07, 6.45) is 21.2. The van der Waals surface area contributed by atoms with Gasteiger partial charge in [-0.15, -0.1) is 0 Å². The molecule has 0 saturated heterocycles. The summed E-state index contributed by atoms with van der Waals surface area (Å²) in [5.41, 5.74) is 0. The topological polar surface area (TPSA) is 57.5 Å². The third-order valence-electron chi connectivity index (χ3n) is 4.42. The average molecular weight is 422 g/mol. The number of quaternary nitrogens is 1. The SMILES string of the molecule is CCCCCCCC/C=C\CCCCCCCC(=O)O.C[N+](C)(C)CCO.[Cl-]. The molecule has 0 amide bonds. The number of nitrogens with zero attached hydrogens (tertiary/aromatic N) is 1. The van der Waals surface area contributed by atoms with E-state index in [1.54, 1.807) is 0 Å². The van der Waals surface area contributed by atoms with Gasteiger partial charge in [-0.1, -0.05) is 70.4 Å². The zero-order chi connectivity index (χ0) is 20.8. The van der Waals surface area contributed by atoms with Crippen LogP contribution in [0.1, 0.15) is 96.8 Å². The zero-order valence-electron chi connectivity index (χ0n) is 19.1. The summed E-state index contributed by atoms with van der Waals surface area (Å²) in [7, 11) is 6.16. The maximum atomic E-state index is 10.3. The van der Waals surface area contributed by atoms with Crippen molar-refractivity contribution < 1.29 is 31.9 Å². The lowest BCUT2D eigenvalue weighted by Crippen LogP contribution is -3.00. The molecule has 0 aliphatic carbocycles. The van der Waals surface area contributed by atoms with Gasteiger partial charge in [-0.05, 0) is 32.1 Å². The van der Waals surface area contributed by atoms with Gasteiger partial charge in [-0.2, -0.15) is 0 Å². The molecule has 0 atom stereocenters. The van der Waals surface area contributed by atoms with E-state index in [1.807, 2.05) is 0 Å². The molecular formula is C23H48ClNO3. The van der Waals surface area contributed by atoms with Crippen molar-refractivity contribution in [3.05, 3.63) is 12.2 Å². The first-order valence-corrected chi connectivity index (χ1v) is 11.1. The van der Waals surface area contributed by atoms with E-state index in [1.165, 1.54) is 70.6 Å². The molecule has 0 aliphatic rings. The normalized spacial score (nSPS) is 11.0. The van der Waals surface area contributed by atoms with Gasteiger partial charge in [-0.25, -0.2) is 0 Å². The van der Waals surface area contributed by atoms with Crippen LogP contribution in [0.2, 0.25) is 0 Å². The number of aliphatic hydroxyl groups is 1.